The maximum atomic E-state index is 11.8. The fourth-order valence-electron chi connectivity index (χ4n) is 2.80. The number of ketones is 1. The summed E-state index contributed by atoms with van der Waals surface area (Å²) in [5, 5.41) is 0. The first kappa shape index (κ1) is 8.24. The lowest BCUT2D eigenvalue weighted by Gasteiger charge is -2.31. The van der Waals surface area contributed by atoms with E-state index in [9.17, 15) is 4.79 Å². The second-order valence-electron chi connectivity index (χ2n) is 4.35. The van der Waals surface area contributed by atoms with Crippen molar-refractivity contribution in [3.05, 3.63) is 0 Å². The average Bonchev–Trinajstić information content (AvgIpc) is 2.37. The zero-order valence-electron chi connectivity index (χ0n) is 7.51. The minimum atomic E-state index is -0.136. The largest absolute Gasteiger partial charge is 0.321 e. The summed E-state index contributed by atoms with van der Waals surface area (Å²) in [5.41, 5.74) is 5.77. The first-order chi connectivity index (χ1) is 5.75. The first-order valence-electron chi connectivity index (χ1n) is 5.05. The van der Waals surface area contributed by atoms with Gasteiger partial charge in [0.2, 0.25) is 0 Å². The van der Waals surface area contributed by atoms with Crippen molar-refractivity contribution in [2.24, 2.45) is 11.1 Å². The van der Waals surface area contributed by atoms with Crippen molar-refractivity contribution in [3.8, 4) is 0 Å². The summed E-state index contributed by atoms with van der Waals surface area (Å²) in [6, 6.07) is -0.136. The smallest absolute Gasteiger partial charge is 0.155 e. The van der Waals surface area contributed by atoms with Crippen LogP contribution >= 0.6 is 0 Å². The number of hydrogen-bond donors (Lipinski definition) is 1. The lowest BCUT2D eigenvalue weighted by Crippen LogP contribution is -2.36. The Morgan fingerprint density at radius 3 is 2.33 bits per heavy atom. The van der Waals surface area contributed by atoms with E-state index in [-0.39, 0.29) is 11.5 Å². The summed E-state index contributed by atoms with van der Waals surface area (Å²) in [6.07, 6.45) is 7.99. The molecule has 2 aliphatic carbocycles. The molecule has 2 rings (SSSR count). The third kappa shape index (κ3) is 1.09. The number of nitrogens with two attached hydrogens (primary N) is 1. The van der Waals surface area contributed by atoms with E-state index < -0.39 is 0 Å². The number of carbonyl (C=O) groups excluding carboxylic acids is 1. The molecule has 68 valence electrons. The first-order valence-corrected chi connectivity index (χ1v) is 5.05. The minimum Gasteiger partial charge on any atom is -0.321 e. The highest BCUT2D eigenvalue weighted by molar-refractivity contribution is 5.91. The molecule has 1 spiro atoms. The van der Waals surface area contributed by atoms with Crippen molar-refractivity contribution in [3.63, 3.8) is 0 Å². The predicted molar refractivity (Wildman–Crippen MR) is 47.7 cm³/mol. The Kier molecular flexibility index (Phi) is 1.95. The molecule has 0 heterocycles. The van der Waals surface area contributed by atoms with E-state index >= 15 is 0 Å². The molecule has 2 heteroatoms. The van der Waals surface area contributed by atoms with E-state index in [1.54, 1.807) is 0 Å². The summed E-state index contributed by atoms with van der Waals surface area (Å²) in [5.74, 6) is 0.363. The van der Waals surface area contributed by atoms with Gasteiger partial charge in [0, 0.05) is 5.41 Å². The van der Waals surface area contributed by atoms with Gasteiger partial charge in [-0.15, -0.1) is 0 Å². The van der Waals surface area contributed by atoms with Gasteiger partial charge < -0.3 is 5.73 Å². The molecule has 0 radical (unpaired) electrons. The van der Waals surface area contributed by atoms with E-state index in [4.69, 9.17) is 5.73 Å². The van der Waals surface area contributed by atoms with E-state index in [1.165, 1.54) is 19.3 Å². The van der Waals surface area contributed by atoms with Crippen molar-refractivity contribution < 1.29 is 4.79 Å². The third-order valence-electron chi connectivity index (χ3n) is 3.60. The lowest BCUT2D eigenvalue weighted by atomic mass is 9.72. The van der Waals surface area contributed by atoms with Crippen LogP contribution < -0.4 is 5.73 Å². The topological polar surface area (TPSA) is 43.1 Å². The maximum Gasteiger partial charge on any atom is 0.155 e. The van der Waals surface area contributed by atoms with Gasteiger partial charge in [-0.3, -0.25) is 4.79 Å². The average molecular weight is 167 g/mol. The Hall–Kier alpha value is -0.370. The maximum absolute atomic E-state index is 11.8. The van der Waals surface area contributed by atoms with Gasteiger partial charge >= 0.3 is 0 Å². The Bertz CT molecular complexity index is 189. The zero-order chi connectivity index (χ0) is 8.60. The van der Waals surface area contributed by atoms with Gasteiger partial charge in [0.25, 0.3) is 0 Å². The second-order valence-corrected chi connectivity index (χ2v) is 4.35. The van der Waals surface area contributed by atoms with Gasteiger partial charge in [0.1, 0.15) is 0 Å². The number of hydrogen-bond acceptors (Lipinski definition) is 2. The molecule has 0 saturated heterocycles. The fourth-order valence-corrected chi connectivity index (χ4v) is 2.80. The Balaban J connectivity index is 2.14. The monoisotopic (exact) mass is 167 g/mol. The van der Waals surface area contributed by atoms with Gasteiger partial charge in [-0.2, -0.15) is 0 Å². The molecule has 0 bridgehead atoms. The van der Waals surface area contributed by atoms with Gasteiger partial charge in [-0.25, -0.2) is 0 Å². The third-order valence-corrected chi connectivity index (χ3v) is 3.60. The zero-order valence-corrected chi connectivity index (χ0v) is 7.51. The van der Waals surface area contributed by atoms with Gasteiger partial charge in [-0.1, -0.05) is 19.3 Å². The van der Waals surface area contributed by atoms with Crippen LogP contribution in [0.4, 0.5) is 0 Å². The van der Waals surface area contributed by atoms with Gasteiger partial charge in [-0.05, 0) is 25.7 Å². The van der Waals surface area contributed by atoms with Crippen molar-refractivity contribution in [1.82, 2.24) is 0 Å². The van der Waals surface area contributed by atoms with Crippen LogP contribution in [0, 0.1) is 5.41 Å². The molecule has 12 heavy (non-hydrogen) atoms. The summed E-state index contributed by atoms with van der Waals surface area (Å²) in [4.78, 5) is 11.8. The lowest BCUT2D eigenvalue weighted by molar-refractivity contribution is -0.128. The molecule has 0 aliphatic heterocycles. The number of rotatable bonds is 0. The molecule has 2 nitrogen and oxygen atoms in total. The summed E-state index contributed by atoms with van der Waals surface area (Å²) in [6.45, 7) is 0. The van der Waals surface area contributed by atoms with E-state index in [0.717, 1.165) is 25.7 Å². The second kappa shape index (κ2) is 2.84. The van der Waals surface area contributed by atoms with Crippen molar-refractivity contribution in [2.75, 3.05) is 0 Å². The minimum absolute atomic E-state index is 0.0394. The van der Waals surface area contributed by atoms with Crippen LogP contribution in [-0.4, -0.2) is 11.8 Å². The number of Topliss-reactive ketones (excluding diaryl/α,β-unsaturated/α-hetero) is 1. The molecule has 2 saturated carbocycles. The van der Waals surface area contributed by atoms with E-state index in [0.29, 0.717) is 5.78 Å². The van der Waals surface area contributed by atoms with E-state index in [2.05, 4.69) is 0 Å². The van der Waals surface area contributed by atoms with Crippen LogP contribution in [0.1, 0.15) is 44.9 Å². The Morgan fingerprint density at radius 2 is 1.83 bits per heavy atom. The number of carbonyl (C=O) groups is 1. The Labute approximate surface area is 73.5 Å². The normalized spacial score (nSPS) is 34.4. The predicted octanol–water partition coefficient (Wildman–Crippen LogP) is 1.63. The summed E-state index contributed by atoms with van der Waals surface area (Å²) >= 11 is 0. The van der Waals surface area contributed by atoms with Crippen LogP contribution in [0.25, 0.3) is 0 Å². The fraction of sp³-hybridized carbons (Fsp3) is 0.900. The van der Waals surface area contributed by atoms with Crippen LogP contribution in [0.15, 0.2) is 0 Å². The van der Waals surface area contributed by atoms with Crippen molar-refractivity contribution >= 4 is 5.78 Å². The summed E-state index contributed by atoms with van der Waals surface area (Å²) in [7, 11) is 0. The van der Waals surface area contributed by atoms with Crippen LogP contribution in [0.5, 0.6) is 0 Å². The molecule has 0 aromatic rings. The molecule has 0 aromatic carbocycles. The van der Waals surface area contributed by atoms with Crippen molar-refractivity contribution in [2.45, 2.75) is 51.0 Å². The summed E-state index contributed by atoms with van der Waals surface area (Å²) < 4.78 is 0. The molecule has 2 N–H and O–H groups in total. The highest BCUT2D eigenvalue weighted by atomic mass is 16.1. The molecular weight excluding hydrogens is 150 g/mol. The quantitative estimate of drug-likeness (QED) is 0.596. The molecule has 2 fully saturated rings. The highest BCUT2D eigenvalue weighted by Crippen LogP contribution is 2.45. The molecule has 0 aromatic heterocycles. The molecular formula is C10H17NO. The van der Waals surface area contributed by atoms with Crippen molar-refractivity contribution in [1.29, 1.82) is 0 Å². The highest BCUT2D eigenvalue weighted by Gasteiger charge is 2.46. The van der Waals surface area contributed by atoms with Gasteiger partial charge in [0.05, 0.1) is 6.04 Å². The van der Waals surface area contributed by atoms with Crippen LogP contribution in [0.3, 0.4) is 0 Å². The standard InChI is InChI=1S/C10H17NO/c11-8-4-7-10(9(8)12)5-2-1-3-6-10/h8H,1-7,11H2. The molecule has 1 unspecified atom stereocenters. The molecule has 1 atom stereocenters. The van der Waals surface area contributed by atoms with Crippen LogP contribution in [-0.2, 0) is 4.79 Å². The van der Waals surface area contributed by atoms with Gasteiger partial charge in [0.15, 0.2) is 5.78 Å². The molecule has 0 amide bonds. The SMILES string of the molecule is NC1CCC2(CCCCC2)C1=O. The Morgan fingerprint density at radius 1 is 1.17 bits per heavy atom. The van der Waals surface area contributed by atoms with Crippen LogP contribution in [0.2, 0.25) is 0 Å². The van der Waals surface area contributed by atoms with E-state index in [1.807, 2.05) is 0 Å². The molecule has 2 aliphatic rings.